The van der Waals surface area contributed by atoms with Crippen LogP contribution in [0.2, 0.25) is 0 Å². The molecule has 1 aliphatic heterocycles. The first-order valence-corrected chi connectivity index (χ1v) is 10.4. The van der Waals surface area contributed by atoms with Crippen molar-refractivity contribution in [3.8, 4) is 17.0 Å². The molecule has 0 radical (unpaired) electrons. The molecule has 1 fully saturated rings. The van der Waals surface area contributed by atoms with Gasteiger partial charge in [0.2, 0.25) is 5.91 Å². The maximum Gasteiger partial charge on any atom is 0.260 e. The highest BCUT2D eigenvalue weighted by Crippen LogP contribution is 2.28. The highest BCUT2D eigenvalue weighted by Gasteiger charge is 2.26. The van der Waals surface area contributed by atoms with Gasteiger partial charge in [-0.25, -0.2) is 0 Å². The average molecular weight is 415 g/mol. The molecule has 3 aromatic rings. The van der Waals surface area contributed by atoms with Crippen molar-refractivity contribution >= 4 is 11.8 Å². The first-order chi connectivity index (χ1) is 15.1. The molecule has 0 saturated carbocycles. The van der Waals surface area contributed by atoms with Crippen molar-refractivity contribution in [3.63, 3.8) is 0 Å². The van der Waals surface area contributed by atoms with Crippen LogP contribution in [0, 0.1) is 0 Å². The Labute approximate surface area is 181 Å². The highest BCUT2D eigenvalue weighted by molar-refractivity contribution is 5.94. The van der Waals surface area contributed by atoms with Gasteiger partial charge in [-0.3, -0.25) is 14.6 Å². The van der Waals surface area contributed by atoms with Crippen LogP contribution in [0.25, 0.3) is 11.3 Å². The van der Waals surface area contributed by atoms with E-state index in [0.717, 1.165) is 36.3 Å². The van der Waals surface area contributed by atoms with Crippen molar-refractivity contribution < 1.29 is 14.3 Å². The van der Waals surface area contributed by atoms with Crippen LogP contribution in [0.3, 0.4) is 0 Å². The number of likely N-dealkylation sites (tertiary alicyclic amines) is 1. The summed E-state index contributed by atoms with van der Waals surface area (Å²) in [5.41, 5.74) is 8.44. The van der Waals surface area contributed by atoms with E-state index in [9.17, 15) is 9.59 Å². The second-order valence-corrected chi connectivity index (χ2v) is 7.67. The molecule has 0 bridgehead atoms. The average Bonchev–Trinajstić information content (AvgIpc) is 2.83. The van der Waals surface area contributed by atoms with E-state index in [1.807, 2.05) is 59.5 Å². The number of pyridine rings is 1. The van der Waals surface area contributed by atoms with Gasteiger partial charge in [0.1, 0.15) is 5.75 Å². The summed E-state index contributed by atoms with van der Waals surface area (Å²) < 4.78 is 5.62. The molecule has 6 nitrogen and oxygen atoms in total. The number of para-hydroxylation sites is 1. The fourth-order valence-corrected chi connectivity index (χ4v) is 3.87. The van der Waals surface area contributed by atoms with Crippen LogP contribution >= 0.6 is 0 Å². The number of carbonyl (C=O) groups is 2. The number of amides is 2. The van der Waals surface area contributed by atoms with Gasteiger partial charge in [-0.2, -0.15) is 0 Å². The van der Waals surface area contributed by atoms with Gasteiger partial charge in [-0.1, -0.05) is 36.4 Å². The van der Waals surface area contributed by atoms with Crippen LogP contribution in [0.4, 0.5) is 0 Å². The third-order valence-electron chi connectivity index (χ3n) is 5.51. The van der Waals surface area contributed by atoms with E-state index in [1.54, 1.807) is 18.2 Å². The van der Waals surface area contributed by atoms with Gasteiger partial charge in [0.25, 0.3) is 5.91 Å². The minimum Gasteiger partial charge on any atom is -0.484 e. The summed E-state index contributed by atoms with van der Waals surface area (Å²) in [5, 5.41) is 0. The Morgan fingerprint density at radius 2 is 1.84 bits per heavy atom. The lowest BCUT2D eigenvalue weighted by molar-refractivity contribution is -0.134. The largest absolute Gasteiger partial charge is 0.484 e. The second-order valence-electron chi connectivity index (χ2n) is 7.67. The van der Waals surface area contributed by atoms with Crippen LogP contribution in [0.1, 0.15) is 34.8 Å². The maximum atomic E-state index is 12.7. The zero-order valence-corrected chi connectivity index (χ0v) is 17.2. The number of benzene rings is 2. The van der Waals surface area contributed by atoms with Gasteiger partial charge in [-0.05, 0) is 49.2 Å². The third-order valence-corrected chi connectivity index (χ3v) is 5.51. The molecule has 0 spiro atoms. The van der Waals surface area contributed by atoms with Crippen LogP contribution in [-0.4, -0.2) is 41.4 Å². The van der Waals surface area contributed by atoms with E-state index in [-0.39, 0.29) is 18.4 Å². The van der Waals surface area contributed by atoms with E-state index < -0.39 is 5.91 Å². The number of rotatable bonds is 6. The zero-order chi connectivity index (χ0) is 21.6. The van der Waals surface area contributed by atoms with E-state index in [4.69, 9.17) is 15.5 Å². The molecule has 4 rings (SSSR count). The van der Waals surface area contributed by atoms with Crippen molar-refractivity contribution in [2.45, 2.75) is 18.8 Å². The zero-order valence-electron chi connectivity index (χ0n) is 17.2. The number of aromatic nitrogens is 1. The molecular weight excluding hydrogens is 390 g/mol. The molecule has 1 aromatic heterocycles. The Morgan fingerprint density at radius 1 is 1.03 bits per heavy atom. The SMILES string of the molecule is NC(=O)c1cccc(-c2cccc([C@@H]3CCCN(C(=O)COc4ccccc4)C3)n2)c1. The standard InChI is InChI=1S/C25H25N3O3/c26-25(30)19-8-4-7-18(15-19)22-12-5-13-23(27-22)20-9-6-14-28(16-20)24(29)17-31-21-10-2-1-3-11-21/h1-5,7-8,10-13,15,20H,6,9,14,16-17H2,(H2,26,30)/t20-/m1/s1. The highest BCUT2D eigenvalue weighted by atomic mass is 16.5. The molecular formula is C25H25N3O3. The summed E-state index contributed by atoms with van der Waals surface area (Å²) in [5.74, 6) is 0.377. The van der Waals surface area contributed by atoms with Gasteiger partial charge < -0.3 is 15.4 Å². The first kappa shape index (κ1) is 20.6. The van der Waals surface area contributed by atoms with Crippen molar-refractivity contribution in [1.29, 1.82) is 0 Å². The fourth-order valence-electron chi connectivity index (χ4n) is 3.87. The van der Waals surface area contributed by atoms with E-state index in [1.165, 1.54) is 0 Å². The number of nitrogens with two attached hydrogens (primary N) is 1. The maximum absolute atomic E-state index is 12.7. The Bertz CT molecular complexity index is 1070. The molecule has 0 unspecified atom stereocenters. The first-order valence-electron chi connectivity index (χ1n) is 10.4. The topological polar surface area (TPSA) is 85.5 Å². The monoisotopic (exact) mass is 415 g/mol. The predicted molar refractivity (Wildman–Crippen MR) is 119 cm³/mol. The summed E-state index contributed by atoms with van der Waals surface area (Å²) in [6, 6.07) is 22.4. The van der Waals surface area contributed by atoms with Gasteiger partial charge in [0.15, 0.2) is 6.61 Å². The molecule has 6 heteroatoms. The molecule has 1 aliphatic rings. The number of primary amides is 1. The van der Waals surface area contributed by atoms with Crippen LogP contribution in [0.15, 0.2) is 72.8 Å². The molecule has 1 saturated heterocycles. The molecule has 2 aromatic carbocycles. The van der Waals surface area contributed by atoms with Crippen LogP contribution in [-0.2, 0) is 4.79 Å². The lowest BCUT2D eigenvalue weighted by Gasteiger charge is -2.32. The Balaban J connectivity index is 1.45. The minimum absolute atomic E-state index is 0.0149. The summed E-state index contributed by atoms with van der Waals surface area (Å²) in [6.45, 7) is 1.38. The molecule has 2 amide bonds. The van der Waals surface area contributed by atoms with Gasteiger partial charge in [0, 0.05) is 35.8 Å². The minimum atomic E-state index is -0.461. The molecule has 2 N–H and O–H groups in total. The van der Waals surface area contributed by atoms with Crippen LogP contribution < -0.4 is 10.5 Å². The number of piperidine rings is 1. The van der Waals surface area contributed by atoms with Crippen molar-refractivity contribution in [1.82, 2.24) is 9.88 Å². The summed E-state index contributed by atoms with van der Waals surface area (Å²) >= 11 is 0. The summed E-state index contributed by atoms with van der Waals surface area (Å²) in [6.07, 6.45) is 1.89. The lowest BCUT2D eigenvalue weighted by Crippen LogP contribution is -2.41. The van der Waals surface area contributed by atoms with Gasteiger partial charge >= 0.3 is 0 Å². The van der Waals surface area contributed by atoms with Crippen molar-refractivity contribution in [2.75, 3.05) is 19.7 Å². The number of hydrogen-bond donors (Lipinski definition) is 1. The second kappa shape index (κ2) is 9.43. The number of ether oxygens (including phenoxy) is 1. The fraction of sp³-hybridized carbons (Fsp3) is 0.240. The number of nitrogens with zero attached hydrogens (tertiary/aromatic N) is 2. The molecule has 1 atom stereocenters. The molecule has 31 heavy (non-hydrogen) atoms. The van der Waals surface area contributed by atoms with E-state index in [0.29, 0.717) is 17.9 Å². The van der Waals surface area contributed by atoms with E-state index >= 15 is 0 Å². The number of hydrogen-bond acceptors (Lipinski definition) is 4. The van der Waals surface area contributed by atoms with Crippen LogP contribution in [0.5, 0.6) is 5.75 Å². The van der Waals surface area contributed by atoms with E-state index in [2.05, 4.69) is 0 Å². The van der Waals surface area contributed by atoms with Gasteiger partial charge in [-0.15, -0.1) is 0 Å². The predicted octanol–water partition coefficient (Wildman–Crippen LogP) is 3.63. The summed E-state index contributed by atoms with van der Waals surface area (Å²) in [4.78, 5) is 30.9. The Kier molecular flexibility index (Phi) is 6.26. The van der Waals surface area contributed by atoms with Crippen molar-refractivity contribution in [2.24, 2.45) is 5.73 Å². The smallest absolute Gasteiger partial charge is 0.260 e. The quantitative estimate of drug-likeness (QED) is 0.666. The number of carbonyl (C=O) groups excluding carboxylic acids is 2. The Morgan fingerprint density at radius 3 is 2.65 bits per heavy atom. The summed E-state index contributed by atoms with van der Waals surface area (Å²) in [7, 11) is 0. The third kappa shape index (κ3) is 5.09. The van der Waals surface area contributed by atoms with Gasteiger partial charge in [0.05, 0.1) is 5.69 Å². The molecule has 158 valence electrons. The molecule has 0 aliphatic carbocycles. The lowest BCUT2D eigenvalue weighted by atomic mass is 9.93. The van der Waals surface area contributed by atoms with Crippen molar-refractivity contribution in [3.05, 3.63) is 84.1 Å². The Hall–Kier alpha value is -3.67. The molecule has 2 heterocycles. The normalized spacial score (nSPS) is 16.0.